The van der Waals surface area contributed by atoms with Crippen molar-refractivity contribution in [3.8, 4) is 5.88 Å². The van der Waals surface area contributed by atoms with E-state index < -0.39 is 42.3 Å². The Morgan fingerprint density at radius 2 is 1.41 bits per heavy atom. The molecule has 0 amide bonds. The Morgan fingerprint density at radius 1 is 0.913 bits per heavy atom. The highest BCUT2D eigenvalue weighted by Crippen LogP contribution is 2.36. The number of alkyl halides is 9. The first-order valence-electron chi connectivity index (χ1n) is 12.4. The summed E-state index contributed by atoms with van der Waals surface area (Å²) < 4.78 is 121. The highest BCUT2D eigenvalue weighted by atomic mass is 19.4. The minimum absolute atomic E-state index is 0.0580. The summed E-state index contributed by atoms with van der Waals surface area (Å²) in [6.45, 7) is 5.17. The predicted octanol–water partition coefficient (Wildman–Crippen LogP) is 4.64. The van der Waals surface area contributed by atoms with Crippen LogP contribution in [0.2, 0.25) is 0 Å². The largest absolute Gasteiger partial charge is 0.490 e. The minimum atomic E-state index is -5.08. The van der Waals surface area contributed by atoms with E-state index in [1.165, 1.54) is 6.07 Å². The zero-order valence-corrected chi connectivity index (χ0v) is 23.3. The van der Waals surface area contributed by atoms with Crippen molar-refractivity contribution in [2.75, 3.05) is 19.7 Å². The lowest BCUT2D eigenvalue weighted by Gasteiger charge is -2.53. The molecule has 2 saturated heterocycles. The van der Waals surface area contributed by atoms with Gasteiger partial charge in [0.15, 0.2) is 5.82 Å². The lowest BCUT2D eigenvalue weighted by Crippen LogP contribution is -2.65. The number of halogens is 10. The number of aryl methyl sites for hydroxylation is 1. The Kier molecular flexibility index (Phi) is 14.1. The average Bonchev–Trinajstić information content (AvgIpc) is 2.89. The number of carboxylic acid groups (broad SMARTS) is 3. The second kappa shape index (κ2) is 16.3. The molecular formula is C25H25F10N3O8. The number of nitrogens with zero attached hydrogens (tertiary/aromatic N) is 3. The highest BCUT2D eigenvalue weighted by Gasteiger charge is 2.48. The molecule has 0 radical (unpaired) electrons. The highest BCUT2D eigenvalue weighted by molar-refractivity contribution is 5.73. The number of pyridine rings is 2. The Hall–Kier alpha value is -4.27. The summed E-state index contributed by atoms with van der Waals surface area (Å²) in [5.41, 5.74) is 1.93. The summed E-state index contributed by atoms with van der Waals surface area (Å²) in [5, 5.41) is 21.4. The number of aliphatic carboxylic acids is 3. The number of rotatable bonds is 4. The third-order valence-electron chi connectivity index (χ3n) is 5.53. The monoisotopic (exact) mass is 685 g/mol. The molecule has 3 N–H and O–H groups in total. The smallest absolute Gasteiger partial charge is 0.475 e. The maximum absolute atomic E-state index is 13.7. The molecule has 1 spiro atoms. The third-order valence-corrected chi connectivity index (χ3v) is 5.53. The van der Waals surface area contributed by atoms with E-state index in [2.05, 4.69) is 20.9 Å². The second-order valence-corrected chi connectivity index (χ2v) is 9.38. The maximum atomic E-state index is 13.7. The van der Waals surface area contributed by atoms with Crippen LogP contribution >= 0.6 is 0 Å². The van der Waals surface area contributed by atoms with Crippen molar-refractivity contribution in [1.29, 1.82) is 0 Å². The summed E-state index contributed by atoms with van der Waals surface area (Å²) in [7, 11) is 0. The summed E-state index contributed by atoms with van der Waals surface area (Å²) in [6.07, 6.45) is -12.2. The van der Waals surface area contributed by atoms with Crippen LogP contribution in [0, 0.1) is 12.7 Å². The standard InChI is InChI=1S/C19H22FN3O2.3C2HF3O2/c1-14-4-2-5-15(22-14)11-23-12-19(13-23)10-16(7-9-24-19)25-18-17(20)6-3-8-21-18;3*3-2(4,5)1(6)7/h2-6,8,16H,7,9-13H2,1H3;3*(H,6,7). The molecule has 21 heteroatoms. The fraction of sp³-hybridized carbons (Fsp3) is 0.480. The molecule has 1 atom stereocenters. The minimum Gasteiger partial charge on any atom is -0.475 e. The van der Waals surface area contributed by atoms with E-state index in [0.717, 1.165) is 43.9 Å². The molecule has 1 unspecified atom stereocenters. The topological polar surface area (TPSA) is 159 Å². The van der Waals surface area contributed by atoms with Crippen molar-refractivity contribution in [2.24, 2.45) is 0 Å². The normalized spacial score (nSPS) is 17.4. The van der Waals surface area contributed by atoms with Crippen molar-refractivity contribution in [3.63, 3.8) is 0 Å². The third kappa shape index (κ3) is 14.2. The van der Waals surface area contributed by atoms with Gasteiger partial charge in [-0.2, -0.15) is 39.5 Å². The lowest BCUT2D eigenvalue weighted by atomic mass is 9.84. The molecule has 0 aromatic carbocycles. The molecule has 2 aliphatic rings. The van der Waals surface area contributed by atoms with Gasteiger partial charge in [-0.05, 0) is 31.2 Å². The Labute approximate surface area is 252 Å². The van der Waals surface area contributed by atoms with Crippen LogP contribution in [0.15, 0.2) is 36.5 Å². The molecule has 2 aromatic heterocycles. The van der Waals surface area contributed by atoms with Crippen molar-refractivity contribution in [1.82, 2.24) is 14.9 Å². The van der Waals surface area contributed by atoms with E-state index in [4.69, 9.17) is 39.2 Å². The summed E-state index contributed by atoms with van der Waals surface area (Å²) in [4.78, 5) is 37.6. The molecule has 11 nitrogen and oxygen atoms in total. The van der Waals surface area contributed by atoms with E-state index in [-0.39, 0.29) is 17.6 Å². The molecule has 0 bridgehead atoms. The van der Waals surface area contributed by atoms with E-state index in [9.17, 15) is 43.9 Å². The Morgan fingerprint density at radius 3 is 1.85 bits per heavy atom. The van der Waals surface area contributed by atoms with Gasteiger partial charge in [-0.3, -0.25) is 9.88 Å². The van der Waals surface area contributed by atoms with E-state index >= 15 is 0 Å². The van der Waals surface area contributed by atoms with Gasteiger partial charge in [-0.15, -0.1) is 0 Å². The molecule has 2 aliphatic heterocycles. The molecule has 2 aromatic rings. The first-order chi connectivity index (χ1) is 20.9. The summed E-state index contributed by atoms with van der Waals surface area (Å²) in [5.74, 6) is -8.60. The van der Waals surface area contributed by atoms with Gasteiger partial charge in [0.25, 0.3) is 5.88 Å². The van der Waals surface area contributed by atoms with Crippen LogP contribution in [0.3, 0.4) is 0 Å². The lowest BCUT2D eigenvalue weighted by molar-refractivity contribution is -0.193. The number of aromatic nitrogens is 2. The zero-order chi connectivity index (χ0) is 35.5. The van der Waals surface area contributed by atoms with Crippen molar-refractivity contribution >= 4 is 17.9 Å². The number of likely N-dealkylation sites (tertiary alicyclic amines) is 1. The van der Waals surface area contributed by atoms with Crippen LogP contribution in [0.5, 0.6) is 5.88 Å². The SMILES string of the molecule is Cc1cccc(CN2CC3(CC(Oc4ncccc4F)CCO3)C2)n1.O=C(O)C(F)(F)F.O=C(O)C(F)(F)F.O=C(O)C(F)(F)F. The Balaban J connectivity index is 0.000000413. The number of hydrogen-bond donors (Lipinski definition) is 3. The van der Waals surface area contributed by atoms with Gasteiger partial charge in [-0.25, -0.2) is 23.8 Å². The van der Waals surface area contributed by atoms with Gasteiger partial charge in [0, 0.05) is 44.4 Å². The van der Waals surface area contributed by atoms with E-state index in [0.29, 0.717) is 6.61 Å². The molecule has 258 valence electrons. The second-order valence-electron chi connectivity index (χ2n) is 9.38. The molecule has 4 rings (SSSR count). The van der Waals surface area contributed by atoms with Crippen LogP contribution < -0.4 is 4.74 Å². The average molecular weight is 685 g/mol. The molecule has 4 heterocycles. The number of ether oxygens (including phenoxy) is 2. The maximum Gasteiger partial charge on any atom is 0.490 e. The number of carboxylic acids is 3. The van der Waals surface area contributed by atoms with Crippen molar-refractivity contribution < 1.29 is 83.1 Å². The van der Waals surface area contributed by atoms with Gasteiger partial charge in [0.05, 0.1) is 17.9 Å². The van der Waals surface area contributed by atoms with Crippen LogP contribution in [-0.4, -0.2) is 98.0 Å². The van der Waals surface area contributed by atoms with Crippen molar-refractivity contribution in [3.05, 3.63) is 53.7 Å². The quantitative estimate of drug-likeness (QED) is 0.385. The fourth-order valence-electron chi connectivity index (χ4n) is 3.72. The summed E-state index contributed by atoms with van der Waals surface area (Å²) >= 11 is 0. The molecule has 2 fully saturated rings. The van der Waals surface area contributed by atoms with Crippen LogP contribution in [-0.2, 0) is 25.7 Å². The zero-order valence-electron chi connectivity index (χ0n) is 23.3. The van der Waals surface area contributed by atoms with E-state index in [1.807, 2.05) is 19.1 Å². The molecule has 0 saturated carbocycles. The Bertz CT molecular complexity index is 1260. The first kappa shape index (κ1) is 39.8. The molecule has 0 aliphatic carbocycles. The van der Waals surface area contributed by atoms with Gasteiger partial charge in [0.2, 0.25) is 0 Å². The van der Waals surface area contributed by atoms with Gasteiger partial charge >= 0.3 is 36.4 Å². The predicted molar refractivity (Wildman–Crippen MR) is 132 cm³/mol. The van der Waals surface area contributed by atoms with Crippen LogP contribution in [0.4, 0.5) is 43.9 Å². The van der Waals surface area contributed by atoms with Crippen molar-refractivity contribution in [2.45, 2.75) is 56.5 Å². The number of hydrogen-bond acceptors (Lipinski definition) is 8. The number of carbonyl (C=O) groups is 3. The van der Waals surface area contributed by atoms with Crippen LogP contribution in [0.1, 0.15) is 24.2 Å². The molecular weight excluding hydrogens is 660 g/mol. The van der Waals surface area contributed by atoms with Crippen LogP contribution in [0.25, 0.3) is 0 Å². The summed E-state index contributed by atoms with van der Waals surface area (Å²) in [6, 6.07) is 9.03. The van der Waals surface area contributed by atoms with Gasteiger partial charge in [-0.1, -0.05) is 6.07 Å². The van der Waals surface area contributed by atoms with Gasteiger partial charge in [0.1, 0.15) is 6.10 Å². The molecule has 46 heavy (non-hydrogen) atoms. The fourth-order valence-corrected chi connectivity index (χ4v) is 3.72. The van der Waals surface area contributed by atoms with Gasteiger partial charge < -0.3 is 24.8 Å². The first-order valence-corrected chi connectivity index (χ1v) is 12.4. The van der Waals surface area contributed by atoms with E-state index in [1.54, 1.807) is 12.3 Å².